The van der Waals surface area contributed by atoms with Crippen LogP contribution in [0.5, 0.6) is 0 Å². The molecule has 1 heterocycles. The molecule has 0 aliphatic rings. The number of rotatable bonds is 7. The van der Waals surface area contributed by atoms with Crippen molar-refractivity contribution in [3.63, 3.8) is 0 Å². The highest BCUT2D eigenvalue weighted by Crippen LogP contribution is 2.29. The van der Waals surface area contributed by atoms with Gasteiger partial charge in [0.2, 0.25) is 5.91 Å². The average molecular weight is 589 g/mol. The summed E-state index contributed by atoms with van der Waals surface area (Å²) in [6.45, 7) is 5.79. The van der Waals surface area contributed by atoms with Crippen molar-refractivity contribution in [1.29, 1.82) is 0 Å². The molecule has 4 aromatic rings. The number of hydrogen-bond donors (Lipinski definition) is 2. The van der Waals surface area contributed by atoms with Crippen LogP contribution in [0.2, 0.25) is 0 Å². The molecule has 0 fully saturated rings. The first-order chi connectivity index (χ1) is 18.5. The van der Waals surface area contributed by atoms with Gasteiger partial charge in [0.25, 0.3) is 11.5 Å². The summed E-state index contributed by atoms with van der Waals surface area (Å²) >= 11 is 3.32. The minimum atomic E-state index is -0.586. The molecule has 8 nitrogen and oxygen atoms in total. The van der Waals surface area contributed by atoms with Crippen LogP contribution in [0.25, 0.3) is 5.69 Å². The summed E-state index contributed by atoms with van der Waals surface area (Å²) in [5.41, 5.74) is 1.11. The quantitative estimate of drug-likeness (QED) is 0.332. The monoisotopic (exact) mass is 588 g/mol. The van der Waals surface area contributed by atoms with E-state index in [1.54, 1.807) is 36.4 Å². The maximum atomic E-state index is 13.9. The second kappa shape index (κ2) is 11.7. The molecule has 200 valence electrons. The number of nitrogens with zero attached hydrogens (tertiary/aromatic N) is 2. The zero-order valence-corrected chi connectivity index (χ0v) is 23.5. The molecule has 0 atom stereocenters. The summed E-state index contributed by atoms with van der Waals surface area (Å²) in [6.07, 6.45) is 0. The lowest BCUT2D eigenvalue weighted by Gasteiger charge is -2.25. The molecule has 9 heteroatoms. The molecule has 0 saturated heterocycles. The van der Waals surface area contributed by atoms with Crippen molar-refractivity contribution in [3.8, 4) is 5.69 Å². The Morgan fingerprint density at radius 1 is 0.872 bits per heavy atom. The summed E-state index contributed by atoms with van der Waals surface area (Å²) in [7, 11) is 0. The van der Waals surface area contributed by atoms with Crippen molar-refractivity contribution in [2.75, 3.05) is 11.9 Å². The number of hydrogen-bond acceptors (Lipinski definition) is 4. The molecule has 1 aromatic heterocycles. The molecule has 3 aromatic carbocycles. The summed E-state index contributed by atoms with van der Waals surface area (Å²) in [6, 6.07) is 24.5. The van der Waals surface area contributed by atoms with E-state index in [1.165, 1.54) is 10.6 Å². The van der Waals surface area contributed by atoms with Gasteiger partial charge in [0.15, 0.2) is 0 Å². The van der Waals surface area contributed by atoms with Gasteiger partial charge in [-0.15, -0.1) is 0 Å². The van der Waals surface area contributed by atoms with Crippen molar-refractivity contribution in [3.05, 3.63) is 127 Å². The molecule has 39 heavy (non-hydrogen) atoms. The van der Waals surface area contributed by atoms with Crippen LogP contribution in [0, 0.1) is 0 Å². The summed E-state index contributed by atoms with van der Waals surface area (Å²) < 4.78 is 3.31. The zero-order valence-electron chi connectivity index (χ0n) is 21.9. The SMILES string of the molecule is CC(C)(C)c1ccccc1-n1c(NC(=O)CNC(=O)c2ccc(Br)cc2)cc(=O)n(Cc2ccccc2)c1=O. The largest absolute Gasteiger partial charge is 0.343 e. The van der Waals surface area contributed by atoms with E-state index < -0.39 is 23.1 Å². The van der Waals surface area contributed by atoms with Gasteiger partial charge in [0.1, 0.15) is 5.82 Å². The Morgan fingerprint density at radius 3 is 2.18 bits per heavy atom. The zero-order chi connectivity index (χ0) is 28.2. The highest BCUT2D eigenvalue weighted by molar-refractivity contribution is 9.10. The molecule has 0 saturated carbocycles. The van der Waals surface area contributed by atoms with E-state index in [2.05, 4.69) is 26.6 Å². The first kappa shape index (κ1) is 27.8. The third kappa shape index (κ3) is 6.61. The van der Waals surface area contributed by atoms with Crippen LogP contribution in [-0.2, 0) is 16.8 Å². The van der Waals surface area contributed by atoms with E-state index in [1.807, 2.05) is 63.2 Å². The third-order valence-corrected chi connectivity index (χ3v) is 6.64. The fraction of sp³-hybridized carbons (Fsp3) is 0.200. The van der Waals surface area contributed by atoms with Crippen molar-refractivity contribution < 1.29 is 9.59 Å². The fourth-order valence-corrected chi connectivity index (χ4v) is 4.43. The lowest BCUT2D eigenvalue weighted by molar-refractivity contribution is -0.115. The fourth-order valence-electron chi connectivity index (χ4n) is 4.17. The maximum absolute atomic E-state index is 13.9. The molecule has 2 N–H and O–H groups in total. The van der Waals surface area contributed by atoms with E-state index in [-0.39, 0.29) is 24.3 Å². The van der Waals surface area contributed by atoms with Gasteiger partial charge in [-0.05, 0) is 46.9 Å². The lowest BCUT2D eigenvalue weighted by Crippen LogP contribution is -2.42. The van der Waals surface area contributed by atoms with Crippen LogP contribution < -0.4 is 21.9 Å². The maximum Gasteiger partial charge on any atom is 0.337 e. The van der Waals surface area contributed by atoms with Crippen LogP contribution in [-0.4, -0.2) is 27.5 Å². The summed E-state index contributed by atoms with van der Waals surface area (Å²) in [5.74, 6) is -0.984. The Hall–Kier alpha value is -4.24. The van der Waals surface area contributed by atoms with Crippen molar-refractivity contribution in [2.24, 2.45) is 0 Å². The number of halogens is 1. The van der Waals surface area contributed by atoms with E-state index >= 15 is 0 Å². The predicted octanol–water partition coefficient (Wildman–Crippen LogP) is 4.48. The highest BCUT2D eigenvalue weighted by atomic mass is 79.9. The first-order valence-corrected chi connectivity index (χ1v) is 13.2. The second-order valence-corrected chi connectivity index (χ2v) is 11.0. The van der Waals surface area contributed by atoms with Gasteiger partial charge in [-0.25, -0.2) is 9.36 Å². The molecule has 0 bridgehead atoms. The van der Waals surface area contributed by atoms with Gasteiger partial charge in [0, 0.05) is 16.1 Å². The number of para-hydroxylation sites is 1. The minimum absolute atomic E-state index is 0.0221. The molecular formula is C30H29BrN4O4. The number of nitrogens with one attached hydrogen (secondary N) is 2. The minimum Gasteiger partial charge on any atom is -0.343 e. The molecule has 2 amide bonds. The molecule has 0 spiro atoms. The van der Waals surface area contributed by atoms with Gasteiger partial charge in [-0.3, -0.25) is 19.0 Å². The lowest BCUT2D eigenvalue weighted by atomic mass is 9.85. The molecule has 0 unspecified atom stereocenters. The van der Waals surface area contributed by atoms with E-state index in [0.29, 0.717) is 11.3 Å². The number of benzene rings is 3. The van der Waals surface area contributed by atoms with E-state index in [4.69, 9.17) is 0 Å². The number of anilines is 1. The molecule has 0 aliphatic heterocycles. The van der Waals surface area contributed by atoms with Crippen LogP contribution in [0.15, 0.2) is 99.0 Å². The standard InChI is InChI=1S/C30H29BrN4O4/c1-30(2,3)23-11-7-8-12-24(23)35-25(17-27(37)34(29(35)39)19-20-9-5-4-6-10-20)33-26(36)18-32-28(38)21-13-15-22(31)16-14-21/h4-17H,18-19H2,1-3H3,(H,32,38)(H,33,36). The Morgan fingerprint density at radius 2 is 1.51 bits per heavy atom. The smallest absolute Gasteiger partial charge is 0.337 e. The van der Waals surface area contributed by atoms with Crippen LogP contribution in [0.3, 0.4) is 0 Å². The predicted molar refractivity (Wildman–Crippen MR) is 156 cm³/mol. The van der Waals surface area contributed by atoms with Crippen molar-refractivity contribution >= 4 is 33.6 Å². The number of amides is 2. The van der Waals surface area contributed by atoms with Gasteiger partial charge in [-0.1, -0.05) is 85.2 Å². The molecule has 0 radical (unpaired) electrons. The third-order valence-electron chi connectivity index (χ3n) is 6.11. The Balaban J connectivity index is 1.72. The van der Waals surface area contributed by atoms with Gasteiger partial charge < -0.3 is 10.6 Å². The molecule has 0 aliphatic carbocycles. The van der Waals surface area contributed by atoms with E-state index in [9.17, 15) is 19.2 Å². The summed E-state index contributed by atoms with van der Waals surface area (Å²) in [5, 5.41) is 5.23. The topological polar surface area (TPSA) is 102 Å². The van der Waals surface area contributed by atoms with Gasteiger partial charge in [0.05, 0.1) is 18.8 Å². The number of carbonyl (C=O) groups excluding carboxylic acids is 2. The van der Waals surface area contributed by atoms with Gasteiger partial charge in [-0.2, -0.15) is 0 Å². The van der Waals surface area contributed by atoms with Crippen molar-refractivity contribution in [2.45, 2.75) is 32.7 Å². The first-order valence-electron chi connectivity index (χ1n) is 12.4. The highest BCUT2D eigenvalue weighted by Gasteiger charge is 2.23. The Labute approximate surface area is 234 Å². The Bertz CT molecular complexity index is 1620. The average Bonchev–Trinajstić information content (AvgIpc) is 2.90. The summed E-state index contributed by atoms with van der Waals surface area (Å²) in [4.78, 5) is 52.3. The number of aromatic nitrogens is 2. The van der Waals surface area contributed by atoms with Crippen LogP contribution in [0.1, 0.15) is 42.3 Å². The van der Waals surface area contributed by atoms with Gasteiger partial charge >= 0.3 is 5.69 Å². The second-order valence-electron chi connectivity index (χ2n) is 10.1. The van der Waals surface area contributed by atoms with Crippen molar-refractivity contribution in [1.82, 2.24) is 14.5 Å². The van der Waals surface area contributed by atoms with Crippen LogP contribution >= 0.6 is 15.9 Å². The Kier molecular flexibility index (Phi) is 8.30. The number of carbonyl (C=O) groups is 2. The van der Waals surface area contributed by atoms with Crippen LogP contribution in [0.4, 0.5) is 5.82 Å². The van der Waals surface area contributed by atoms with E-state index in [0.717, 1.165) is 20.2 Å². The normalized spacial score (nSPS) is 11.2. The molecular weight excluding hydrogens is 560 g/mol. The molecule has 4 rings (SSSR count).